The van der Waals surface area contributed by atoms with Crippen LogP contribution in [-0.4, -0.2) is 40.4 Å². The van der Waals surface area contributed by atoms with E-state index in [1.807, 2.05) is 54.6 Å². The highest BCUT2D eigenvalue weighted by Gasteiger charge is 2.42. The molecule has 0 unspecified atom stereocenters. The Kier molecular flexibility index (Phi) is 4.66. The fraction of sp³-hybridized carbons (Fsp3) is 0.250. The van der Waals surface area contributed by atoms with Crippen LogP contribution in [0.5, 0.6) is 11.5 Å². The van der Waals surface area contributed by atoms with Crippen LogP contribution in [0.1, 0.15) is 40.5 Å². The first-order valence-electron chi connectivity index (χ1n) is 10.3. The number of fused-ring (bicyclic) bond motifs is 4. The number of ether oxygens (including phenoxy) is 1. The Hall–Kier alpha value is -3.74. The summed E-state index contributed by atoms with van der Waals surface area (Å²) < 4.78 is 7.76. The van der Waals surface area contributed by atoms with E-state index in [1.54, 1.807) is 22.8 Å². The Bertz CT molecular complexity index is 1190. The topological polar surface area (TPSA) is 75.0 Å². The monoisotopic (exact) mass is 417 g/mol. The van der Waals surface area contributed by atoms with E-state index in [4.69, 9.17) is 4.74 Å². The molecule has 2 aliphatic heterocycles. The number of rotatable bonds is 1. The summed E-state index contributed by atoms with van der Waals surface area (Å²) in [6.07, 6.45) is 2.70. The summed E-state index contributed by atoms with van der Waals surface area (Å²) in [6, 6.07) is 18.9. The van der Waals surface area contributed by atoms with Crippen molar-refractivity contribution in [3.05, 3.63) is 93.9 Å². The summed E-state index contributed by atoms with van der Waals surface area (Å²) in [4.78, 5) is 26.9. The SMILES string of the molecule is CN1C(=O)c2c(O)c(=O)ccn2N2[C@H](c3ccccc3)c3ccccc3OCCC[C@@H]12. The van der Waals surface area contributed by atoms with Crippen LogP contribution in [0.4, 0.5) is 0 Å². The highest BCUT2D eigenvalue weighted by atomic mass is 16.5. The molecule has 7 heteroatoms. The number of pyridine rings is 1. The molecule has 0 fully saturated rings. The van der Waals surface area contributed by atoms with Crippen LogP contribution in [0.15, 0.2) is 71.7 Å². The fourth-order valence-electron chi connectivity index (χ4n) is 4.55. The molecule has 31 heavy (non-hydrogen) atoms. The van der Waals surface area contributed by atoms with Crippen molar-refractivity contribution >= 4 is 5.91 Å². The molecule has 2 atom stereocenters. The number of hydrogen-bond acceptors (Lipinski definition) is 5. The van der Waals surface area contributed by atoms with Gasteiger partial charge in [-0.05, 0) is 24.5 Å². The molecule has 0 aliphatic carbocycles. The van der Waals surface area contributed by atoms with Gasteiger partial charge in [0.1, 0.15) is 18.0 Å². The van der Waals surface area contributed by atoms with Gasteiger partial charge in [-0.15, -0.1) is 0 Å². The zero-order chi connectivity index (χ0) is 21.5. The summed E-state index contributed by atoms with van der Waals surface area (Å²) in [5.41, 5.74) is 1.37. The molecular weight excluding hydrogens is 394 g/mol. The Balaban J connectivity index is 1.83. The van der Waals surface area contributed by atoms with Gasteiger partial charge in [-0.2, -0.15) is 0 Å². The first-order valence-corrected chi connectivity index (χ1v) is 10.3. The number of amides is 1. The lowest BCUT2D eigenvalue weighted by molar-refractivity contribution is 0.0601. The second-order valence-electron chi connectivity index (χ2n) is 7.84. The lowest BCUT2D eigenvalue weighted by atomic mass is 9.96. The molecular formula is C24H23N3O4. The van der Waals surface area contributed by atoms with E-state index in [2.05, 4.69) is 5.01 Å². The number of nitrogens with zero attached hydrogens (tertiary/aromatic N) is 3. The van der Waals surface area contributed by atoms with Crippen molar-refractivity contribution in [2.24, 2.45) is 0 Å². The molecule has 0 radical (unpaired) electrons. The standard InChI is InChI=1S/C24H23N3O4/c1-25-20-12-7-15-31-19-11-6-5-10-17(19)21(16-8-3-2-4-9-16)27(20)26-14-13-18(28)23(29)22(26)24(25)30/h2-6,8-11,13-14,20-21,29H,7,12,15H2,1H3/t20-,21+/m0/s1. The minimum atomic E-state index is -0.573. The second-order valence-corrected chi connectivity index (χ2v) is 7.84. The van der Waals surface area contributed by atoms with E-state index in [0.29, 0.717) is 13.0 Å². The van der Waals surface area contributed by atoms with Gasteiger partial charge in [0.25, 0.3) is 5.91 Å². The number of aromatic nitrogens is 1. The summed E-state index contributed by atoms with van der Waals surface area (Å²) in [6.45, 7) is 0.535. The molecule has 1 aromatic heterocycles. The quantitative estimate of drug-likeness (QED) is 0.659. The van der Waals surface area contributed by atoms with Crippen molar-refractivity contribution < 1.29 is 14.6 Å². The van der Waals surface area contributed by atoms with E-state index in [9.17, 15) is 14.7 Å². The van der Waals surface area contributed by atoms with E-state index in [0.717, 1.165) is 23.3 Å². The van der Waals surface area contributed by atoms with Crippen molar-refractivity contribution in [1.82, 2.24) is 9.58 Å². The van der Waals surface area contributed by atoms with Crippen LogP contribution in [-0.2, 0) is 0 Å². The van der Waals surface area contributed by atoms with E-state index < -0.39 is 11.2 Å². The van der Waals surface area contributed by atoms with Gasteiger partial charge in [-0.3, -0.25) is 19.3 Å². The molecule has 158 valence electrons. The van der Waals surface area contributed by atoms with Gasteiger partial charge in [0, 0.05) is 24.9 Å². The van der Waals surface area contributed by atoms with Crippen molar-refractivity contribution in [3.63, 3.8) is 0 Å². The van der Waals surface area contributed by atoms with Crippen molar-refractivity contribution in [2.75, 3.05) is 18.7 Å². The average Bonchev–Trinajstić information content (AvgIpc) is 2.87. The number of hydrogen-bond donors (Lipinski definition) is 1. The van der Waals surface area contributed by atoms with Crippen LogP contribution in [0.3, 0.4) is 0 Å². The molecule has 1 N–H and O–H groups in total. The first-order chi connectivity index (χ1) is 15.1. The van der Waals surface area contributed by atoms with Crippen molar-refractivity contribution in [1.29, 1.82) is 0 Å². The van der Waals surface area contributed by atoms with Gasteiger partial charge in [-0.25, -0.2) is 0 Å². The molecule has 3 aromatic rings. The van der Waals surface area contributed by atoms with Crippen LogP contribution in [0, 0.1) is 0 Å². The molecule has 5 rings (SSSR count). The molecule has 1 amide bonds. The summed E-state index contributed by atoms with van der Waals surface area (Å²) in [5.74, 6) is -0.130. The third kappa shape index (κ3) is 3.04. The van der Waals surface area contributed by atoms with Crippen LogP contribution >= 0.6 is 0 Å². The van der Waals surface area contributed by atoms with Crippen molar-refractivity contribution in [3.8, 4) is 11.5 Å². The van der Waals surface area contributed by atoms with Crippen LogP contribution < -0.4 is 15.2 Å². The maximum absolute atomic E-state index is 13.2. The third-order valence-corrected chi connectivity index (χ3v) is 6.04. The average molecular weight is 417 g/mol. The fourth-order valence-corrected chi connectivity index (χ4v) is 4.55. The zero-order valence-electron chi connectivity index (χ0n) is 17.1. The van der Waals surface area contributed by atoms with E-state index in [-0.39, 0.29) is 23.8 Å². The van der Waals surface area contributed by atoms with Crippen molar-refractivity contribution in [2.45, 2.75) is 25.0 Å². The molecule has 3 heterocycles. The number of benzene rings is 2. The van der Waals surface area contributed by atoms with E-state index >= 15 is 0 Å². The maximum Gasteiger partial charge on any atom is 0.277 e. The number of carbonyl (C=O) groups is 1. The number of carbonyl (C=O) groups excluding carboxylic acids is 1. The highest BCUT2D eigenvalue weighted by molar-refractivity contribution is 5.96. The highest BCUT2D eigenvalue weighted by Crippen LogP contribution is 2.39. The Morgan fingerprint density at radius 2 is 1.74 bits per heavy atom. The summed E-state index contributed by atoms with van der Waals surface area (Å²) >= 11 is 0. The molecule has 0 spiro atoms. The molecule has 2 aromatic carbocycles. The summed E-state index contributed by atoms with van der Waals surface area (Å²) in [5, 5.41) is 12.6. The largest absolute Gasteiger partial charge is 0.502 e. The lowest BCUT2D eigenvalue weighted by Crippen LogP contribution is -2.61. The number of aromatic hydroxyl groups is 1. The lowest BCUT2D eigenvalue weighted by Gasteiger charge is -2.48. The normalized spacial score (nSPS) is 20.5. The second kappa shape index (κ2) is 7.50. The van der Waals surface area contributed by atoms with Gasteiger partial charge in [-0.1, -0.05) is 48.5 Å². The number of para-hydroxylation sites is 1. The zero-order valence-corrected chi connectivity index (χ0v) is 17.1. The van der Waals surface area contributed by atoms with E-state index in [1.165, 1.54) is 6.07 Å². The third-order valence-electron chi connectivity index (χ3n) is 6.04. The van der Waals surface area contributed by atoms with Crippen LogP contribution in [0.25, 0.3) is 0 Å². The van der Waals surface area contributed by atoms with Gasteiger partial charge < -0.3 is 14.7 Å². The molecule has 0 saturated heterocycles. The Morgan fingerprint density at radius 1 is 1.00 bits per heavy atom. The van der Waals surface area contributed by atoms with Gasteiger partial charge >= 0.3 is 0 Å². The smallest absolute Gasteiger partial charge is 0.277 e. The van der Waals surface area contributed by atoms with Gasteiger partial charge in [0.15, 0.2) is 11.4 Å². The predicted octanol–water partition coefficient (Wildman–Crippen LogP) is 2.87. The molecule has 0 saturated carbocycles. The van der Waals surface area contributed by atoms with Gasteiger partial charge in [0.05, 0.1) is 6.61 Å². The van der Waals surface area contributed by atoms with Gasteiger partial charge in [0.2, 0.25) is 5.43 Å². The first kappa shape index (κ1) is 19.2. The minimum absolute atomic E-state index is 0.0233. The molecule has 0 bridgehead atoms. The Labute approximate surface area is 179 Å². The minimum Gasteiger partial charge on any atom is -0.502 e. The van der Waals surface area contributed by atoms with Crippen LogP contribution in [0.2, 0.25) is 0 Å². The molecule has 7 nitrogen and oxygen atoms in total. The maximum atomic E-state index is 13.2. The summed E-state index contributed by atoms with van der Waals surface area (Å²) in [7, 11) is 1.72. The predicted molar refractivity (Wildman–Crippen MR) is 116 cm³/mol. The molecule has 2 aliphatic rings. The Morgan fingerprint density at radius 3 is 2.55 bits per heavy atom.